The van der Waals surface area contributed by atoms with Crippen LogP contribution < -0.4 is 10.5 Å². The van der Waals surface area contributed by atoms with Gasteiger partial charge in [-0.1, -0.05) is 0 Å². The summed E-state index contributed by atoms with van der Waals surface area (Å²) < 4.78 is 33.1. The van der Waals surface area contributed by atoms with Gasteiger partial charge in [-0.2, -0.15) is 8.78 Å². The minimum atomic E-state index is -2.93. The fourth-order valence-electron chi connectivity index (χ4n) is 1.64. The lowest BCUT2D eigenvalue weighted by molar-refractivity contribution is -0.0497. The van der Waals surface area contributed by atoms with E-state index in [4.69, 9.17) is 5.73 Å². The highest BCUT2D eigenvalue weighted by molar-refractivity contribution is 6.04. The molecule has 0 bridgehead atoms. The van der Waals surface area contributed by atoms with Gasteiger partial charge in [-0.25, -0.2) is 4.79 Å². The van der Waals surface area contributed by atoms with E-state index in [0.717, 1.165) is 0 Å². The molecule has 7 heteroatoms. The predicted molar refractivity (Wildman–Crippen MR) is 64.1 cm³/mol. The minimum Gasteiger partial charge on any atom is -0.465 e. The molecule has 0 unspecified atom stereocenters. The third-order valence-electron chi connectivity index (χ3n) is 2.51. The molecule has 1 heterocycles. The average molecular weight is 268 g/mol. The van der Waals surface area contributed by atoms with Gasteiger partial charge in [-0.3, -0.25) is 4.98 Å². The quantitative estimate of drug-likeness (QED) is 0.864. The van der Waals surface area contributed by atoms with Crippen molar-refractivity contribution in [3.63, 3.8) is 0 Å². The summed E-state index contributed by atoms with van der Waals surface area (Å²) in [5.41, 5.74) is 6.46. The highest BCUT2D eigenvalue weighted by Crippen LogP contribution is 2.27. The van der Waals surface area contributed by atoms with Gasteiger partial charge in [0.2, 0.25) is 0 Å². The van der Waals surface area contributed by atoms with Crippen LogP contribution in [0.3, 0.4) is 0 Å². The number of halogens is 2. The topological polar surface area (TPSA) is 74.4 Å². The molecule has 0 saturated carbocycles. The summed E-state index contributed by atoms with van der Waals surface area (Å²) in [6.07, 6.45) is 1.27. The number of nitrogens with zero attached hydrogens (tertiary/aromatic N) is 1. The minimum absolute atomic E-state index is 0.0574. The van der Waals surface area contributed by atoms with Crippen LogP contribution in [0.25, 0.3) is 10.9 Å². The summed E-state index contributed by atoms with van der Waals surface area (Å²) in [6.45, 7) is -2.93. The zero-order chi connectivity index (χ0) is 14.0. The molecule has 0 atom stereocenters. The molecular formula is C12H10F2N2O3. The molecule has 2 aromatic rings. The van der Waals surface area contributed by atoms with Crippen LogP contribution in [-0.4, -0.2) is 24.7 Å². The van der Waals surface area contributed by atoms with Crippen molar-refractivity contribution in [1.82, 2.24) is 4.98 Å². The van der Waals surface area contributed by atoms with Gasteiger partial charge in [0.1, 0.15) is 11.3 Å². The van der Waals surface area contributed by atoms with E-state index in [1.165, 1.54) is 31.5 Å². The first kappa shape index (κ1) is 13.0. The van der Waals surface area contributed by atoms with Crippen molar-refractivity contribution in [1.29, 1.82) is 0 Å². The Morgan fingerprint density at radius 1 is 1.42 bits per heavy atom. The fourth-order valence-corrected chi connectivity index (χ4v) is 1.64. The number of hydrogen-bond acceptors (Lipinski definition) is 5. The van der Waals surface area contributed by atoms with Crippen molar-refractivity contribution in [2.45, 2.75) is 6.61 Å². The van der Waals surface area contributed by atoms with Crippen LogP contribution in [0, 0.1) is 0 Å². The summed E-state index contributed by atoms with van der Waals surface area (Å²) in [6, 6.07) is 4.12. The Bertz CT molecular complexity index is 632. The molecule has 19 heavy (non-hydrogen) atoms. The normalized spacial score (nSPS) is 10.7. The fraction of sp³-hybridized carbons (Fsp3) is 0.167. The van der Waals surface area contributed by atoms with Gasteiger partial charge in [0.15, 0.2) is 0 Å². The molecule has 0 radical (unpaired) electrons. The Hall–Kier alpha value is -2.44. The van der Waals surface area contributed by atoms with Crippen LogP contribution in [0.4, 0.5) is 14.5 Å². The Labute approximate surface area is 106 Å². The van der Waals surface area contributed by atoms with Crippen LogP contribution in [0.2, 0.25) is 0 Å². The number of pyridine rings is 1. The monoisotopic (exact) mass is 268 g/mol. The van der Waals surface area contributed by atoms with Gasteiger partial charge >= 0.3 is 12.6 Å². The number of nitrogens with two attached hydrogens (primary N) is 1. The van der Waals surface area contributed by atoms with E-state index in [1.807, 2.05) is 0 Å². The Kier molecular flexibility index (Phi) is 3.46. The van der Waals surface area contributed by atoms with Crippen molar-refractivity contribution >= 4 is 22.6 Å². The van der Waals surface area contributed by atoms with Crippen LogP contribution >= 0.6 is 0 Å². The van der Waals surface area contributed by atoms with Crippen molar-refractivity contribution in [3.05, 3.63) is 30.0 Å². The van der Waals surface area contributed by atoms with E-state index in [9.17, 15) is 13.6 Å². The molecule has 0 aliphatic rings. The predicted octanol–water partition coefficient (Wildman–Crippen LogP) is 2.21. The van der Waals surface area contributed by atoms with Crippen molar-refractivity contribution < 1.29 is 23.0 Å². The largest absolute Gasteiger partial charge is 0.465 e. The number of alkyl halides is 2. The zero-order valence-corrected chi connectivity index (χ0v) is 9.89. The van der Waals surface area contributed by atoms with Crippen molar-refractivity contribution in [2.24, 2.45) is 0 Å². The molecule has 2 rings (SSSR count). The highest BCUT2D eigenvalue weighted by atomic mass is 19.3. The number of ether oxygens (including phenoxy) is 2. The third-order valence-corrected chi connectivity index (χ3v) is 2.51. The SMILES string of the molecule is COC(=O)c1cnc2ccc(OC(F)F)cc2c1N. The number of rotatable bonds is 3. The Morgan fingerprint density at radius 2 is 2.16 bits per heavy atom. The van der Waals surface area contributed by atoms with Gasteiger partial charge in [-0.15, -0.1) is 0 Å². The second-order valence-corrected chi connectivity index (χ2v) is 3.63. The molecule has 0 spiro atoms. The zero-order valence-electron chi connectivity index (χ0n) is 9.89. The lowest BCUT2D eigenvalue weighted by Crippen LogP contribution is -2.07. The molecule has 0 fully saturated rings. The number of aromatic nitrogens is 1. The Morgan fingerprint density at radius 3 is 2.79 bits per heavy atom. The van der Waals surface area contributed by atoms with Crippen LogP contribution in [0.5, 0.6) is 5.75 Å². The average Bonchev–Trinajstić information content (AvgIpc) is 2.38. The number of hydrogen-bond donors (Lipinski definition) is 1. The van der Waals surface area contributed by atoms with E-state index in [0.29, 0.717) is 10.9 Å². The van der Waals surface area contributed by atoms with E-state index in [1.54, 1.807) is 0 Å². The molecule has 0 aliphatic carbocycles. The molecule has 1 aromatic carbocycles. The van der Waals surface area contributed by atoms with Gasteiger partial charge < -0.3 is 15.2 Å². The molecule has 2 N–H and O–H groups in total. The smallest absolute Gasteiger partial charge is 0.387 e. The number of benzene rings is 1. The number of carbonyl (C=O) groups excluding carboxylic acids is 1. The van der Waals surface area contributed by atoms with Crippen molar-refractivity contribution in [2.75, 3.05) is 12.8 Å². The number of methoxy groups -OCH3 is 1. The first-order valence-electron chi connectivity index (χ1n) is 5.24. The third kappa shape index (κ3) is 2.54. The molecule has 1 aromatic heterocycles. The number of fused-ring (bicyclic) bond motifs is 1. The van der Waals surface area contributed by atoms with E-state index in [-0.39, 0.29) is 17.0 Å². The van der Waals surface area contributed by atoms with E-state index < -0.39 is 12.6 Å². The Balaban J connectivity index is 2.55. The van der Waals surface area contributed by atoms with Crippen LogP contribution in [0.1, 0.15) is 10.4 Å². The number of nitrogen functional groups attached to an aromatic ring is 1. The van der Waals surface area contributed by atoms with Crippen molar-refractivity contribution in [3.8, 4) is 5.75 Å². The summed E-state index contributed by atoms with van der Waals surface area (Å²) in [7, 11) is 1.21. The van der Waals surface area contributed by atoms with Gasteiger partial charge in [0, 0.05) is 11.6 Å². The molecule has 0 amide bonds. The maximum atomic E-state index is 12.1. The van der Waals surface area contributed by atoms with E-state index >= 15 is 0 Å². The summed E-state index contributed by atoms with van der Waals surface area (Å²) >= 11 is 0. The highest BCUT2D eigenvalue weighted by Gasteiger charge is 2.14. The molecule has 5 nitrogen and oxygen atoms in total. The number of anilines is 1. The molecule has 0 aliphatic heterocycles. The lowest BCUT2D eigenvalue weighted by atomic mass is 10.1. The lowest BCUT2D eigenvalue weighted by Gasteiger charge is -2.09. The first-order valence-corrected chi connectivity index (χ1v) is 5.24. The van der Waals surface area contributed by atoms with E-state index in [2.05, 4.69) is 14.5 Å². The summed E-state index contributed by atoms with van der Waals surface area (Å²) in [5.74, 6) is -0.704. The van der Waals surface area contributed by atoms with Crippen LogP contribution in [-0.2, 0) is 4.74 Å². The second-order valence-electron chi connectivity index (χ2n) is 3.63. The number of esters is 1. The maximum Gasteiger partial charge on any atom is 0.387 e. The molecule has 0 saturated heterocycles. The standard InChI is InChI=1S/C12H10F2N2O3/c1-18-11(17)8-5-16-9-3-2-6(19-12(13)14)4-7(9)10(8)15/h2-5,12H,1H3,(H2,15,16). The van der Waals surface area contributed by atoms with Gasteiger partial charge in [-0.05, 0) is 18.2 Å². The molecule has 100 valence electrons. The van der Waals surface area contributed by atoms with Crippen LogP contribution in [0.15, 0.2) is 24.4 Å². The number of carbonyl (C=O) groups is 1. The first-order chi connectivity index (χ1) is 9.02. The maximum absolute atomic E-state index is 12.1. The van der Waals surface area contributed by atoms with Gasteiger partial charge in [0.25, 0.3) is 0 Å². The summed E-state index contributed by atoms with van der Waals surface area (Å²) in [5, 5.41) is 0.348. The van der Waals surface area contributed by atoms with Gasteiger partial charge in [0.05, 0.1) is 18.3 Å². The summed E-state index contributed by atoms with van der Waals surface area (Å²) in [4.78, 5) is 15.5. The second kappa shape index (κ2) is 5.05. The molecular weight excluding hydrogens is 258 g/mol.